The molecule has 3 aromatic rings. The number of aliphatic imine (C=N–C) groups is 1. The van der Waals surface area contributed by atoms with E-state index in [1.807, 2.05) is 54.6 Å². The number of halogens is 2. The third-order valence-electron chi connectivity index (χ3n) is 4.84. The average molecular weight is 437 g/mol. The Kier molecular flexibility index (Phi) is 5.68. The Hall–Kier alpha value is -3.71. The first-order chi connectivity index (χ1) is 14.9. The van der Waals surface area contributed by atoms with Gasteiger partial charge in [-0.25, -0.2) is 14.2 Å². The van der Waals surface area contributed by atoms with E-state index in [9.17, 15) is 14.0 Å². The number of nitrogens with one attached hydrogen (secondary N) is 2. The minimum atomic E-state index is -1.16. The molecular weight excluding hydrogens is 419 g/mol. The quantitative estimate of drug-likeness (QED) is 0.637. The summed E-state index contributed by atoms with van der Waals surface area (Å²) in [7, 11) is 1.64. The molecular formula is C23H18ClFN4O2. The number of likely N-dealkylation sites (N-methyl/N-ethyl adjacent to an activating group) is 1. The second-order valence-electron chi connectivity index (χ2n) is 6.89. The summed E-state index contributed by atoms with van der Waals surface area (Å²) in [5, 5.41) is 5.02. The van der Waals surface area contributed by atoms with Crippen molar-refractivity contribution >= 4 is 40.6 Å². The summed E-state index contributed by atoms with van der Waals surface area (Å²) in [4.78, 5) is 31.7. The van der Waals surface area contributed by atoms with Gasteiger partial charge in [0, 0.05) is 23.9 Å². The lowest BCUT2D eigenvalue weighted by molar-refractivity contribution is -0.119. The maximum atomic E-state index is 13.4. The Morgan fingerprint density at radius 1 is 1.06 bits per heavy atom. The second-order valence-corrected chi connectivity index (χ2v) is 7.30. The highest BCUT2D eigenvalue weighted by molar-refractivity contribution is 6.31. The minimum Gasteiger partial charge on any atom is -0.311 e. The molecule has 1 unspecified atom stereocenters. The first-order valence-corrected chi connectivity index (χ1v) is 9.84. The highest BCUT2D eigenvalue weighted by Gasteiger charge is 2.30. The maximum Gasteiger partial charge on any atom is 0.321 e. The monoisotopic (exact) mass is 436 g/mol. The molecule has 3 aromatic carbocycles. The smallest absolute Gasteiger partial charge is 0.311 e. The predicted molar refractivity (Wildman–Crippen MR) is 119 cm³/mol. The van der Waals surface area contributed by atoms with Crippen molar-refractivity contribution in [1.29, 1.82) is 0 Å². The van der Waals surface area contributed by atoms with Crippen molar-refractivity contribution in [2.45, 2.75) is 6.17 Å². The van der Waals surface area contributed by atoms with Crippen LogP contribution in [0, 0.1) is 5.82 Å². The molecule has 1 aliphatic heterocycles. The summed E-state index contributed by atoms with van der Waals surface area (Å²) in [6, 6.07) is 20.0. The number of hydrogen-bond donors (Lipinski definition) is 2. The Balaban J connectivity index is 1.67. The van der Waals surface area contributed by atoms with Crippen molar-refractivity contribution in [1.82, 2.24) is 5.32 Å². The van der Waals surface area contributed by atoms with E-state index in [1.165, 1.54) is 17.0 Å². The van der Waals surface area contributed by atoms with Crippen LogP contribution in [-0.2, 0) is 4.79 Å². The lowest BCUT2D eigenvalue weighted by Crippen LogP contribution is -2.47. The number of para-hydroxylation sites is 1. The number of nitrogens with zero attached hydrogens (tertiary/aromatic N) is 2. The Bertz CT molecular complexity index is 1180. The average Bonchev–Trinajstić information content (AvgIpc) is 2.88. The summed E-state index contributed by atoms with van der Waals surface area (Å²) in [5.41, 5.74) is 3.15. The predicted octanol–water partition coefficient (Wildman–Crippen LogP) is 4.44. The number of anilines is 2. The fourth-order valence-corrected chi connectivity index (χ4v) is 3.49. The van der Waals surface area contributed by atoms with E-state index in [1.54, 1.807) is 7.05 Å². The SMILES string of the molecule is CN1C(=O)C(NC(=O)Nc2ccc(F)c(Cl)c2)N=C(c2ccccc2)c2ccccc21. The van der Waals surface area contributed by atoms with Crippen LogP contribution < -0.4 is 15.5 Å². The largest absolute Gasteiger partial charge is 0.321 e. The Morgan fingerprint density at radius 2 is 1.77 bits per heavy atom. The van der Waals surface area contributed by atoms with Gasteiger partial charge in [-0.15, -0.1) is 0 Å². The molecule has 0 aliphatic carbocycles. The molecule has 31 heavy (non-hydrogen) atoms. The first kappa shape index (κ1) is 20.6. The van der Waals surface area contributed by atoms with Gasteiger partial charge in [-0.1, -0.05) is 60.1 Å². The summed E-state index contributed by atoms with van der Waals surface area (Å²) in [5.74, 6) is -0.992. The number of carbonyl (C=O) groups excluding carboxylic acids is 2. The minimum absolute atomic E-state index is 0.122. The summed E-state index contributed by atoms with van der Waals surface area (Å²) in [6.45, 7) is 0. The van der Waals surface area contributed by atoms with Crippen LogP contribution in [0.3, 0.4) is 0 Å². The third kappa shape index (κ3) is 4.27. The number of carbonyl (C=O) groups is 2. The van der Waals surface area contributed by atoms with Crippen LogP contribution in [0.15, 0.2) is 77.8 Å². The first-order valence-electron chi connectivity index (χ1n) is 9.47. The summed E-state index contributed by atoms with van der Waals surface area (Å²) in [6.07, 6.45) is -1.16. The Labute approximate surface area is 183 Å². The molecule has 3 amide bonds. The van der Waals surface area contributed by atoms with Crippen LogP contribution in [0.25, 0.3) is 0 Å². The number of benzodiazepines with no additional fused rings is 1. The van der Waals surface area contributed by atoms with Crippen molar-refractivity contribution < 1.29 is 14.0 Å². The maximum absolute atomic E-state index is 13.4. The lowest BCUT2D eigenvalue weighted by Gasteiger charge is -2.21. The number of hydrogen-bond acceptors (Lipinski definition) is 3. The third-order valence-corrected chi connectivity index (χ3v) is 5.13. The van der Waals surface area contributed by atoms with E-state index in [0.29, 0.717) is 11.4 Å². The van der Waals surface area contributed by atoms with Gasteiger partial charge in [0.1, 0.15) is 5.82 Å². The Morgan fingerprint density at radius 3 is 2.52 bits per heavy atom. The number of amides is 3. The molecule has 0 radical (unpaired) electrons. The van der Waals surface area contributed by atoms with Crippen LogP contribution in [0.4, 0.5) is 20.6 Å². The number of urea groups is 1. The zero-order valence-corrected chi connectivity index (χ0v) is 17.2. The van der Waals surface area contributed by atoms with Crippen LogP contribution in [0.1, 0.15) is 11.1 Å². The molecule has 0 bridgehead atoms. The normalized spacial score (nSPS) is 15.6. The molecule has 1 aliphatic rings. The molecule has 0 saturated heterocycles. The van der Waals surface area contributed by atoms with E-state index in [0.717, 1.165) is 17.2 Å². The van der Waals surface area contributed by atoms with Gasteiger partial charge in [-0.05, 0) is 24.3 Å². The zero-order chi connectivity index (χ0) is 22.0. The molecule has 2 N–H and O–H groups in total. The van der Waals surface area contributed by atoms with Crippen molar-refractivity contribution in [3.05, 3.63) is 94.8 Å². The molecule has 4 rings (SSSR count). The molecule has 0 aromatic heterocycles. The van der Waals surface area contributed by atoms with E-state index in [-0.39, 0.29) is 10.7 Å². The second kappa shape index (κ2) is 8.57. The number of rotatable bonds is 3. The van der Waals surface area contributed by atoms with Crippen molar-refractivity contribution in [2.75, 3.05) is 17.3 Å². The van der Waals surface area contributed by atoms with Gasteiger partial charge in [-0.2, -0.15) is 0 Å². The van der Waals surface area contributed by atoms with Crippen molar-refractivity contribution in [3.63, 3.8) is 0 Å². The highest BCUT2D eigenvalue weighted by Crippen LogP contribution is 2.27. The summed E-state index contributed by atoms with van der Waals surface area (Å²) < 4.78 is 13.4. The molecule has 0 fully saturated rings. The van der Waals surface area contributed by atoms with E-state index in [2.05, 4.69) is 15.6 Å². The fourth-order valence-electron chi connectivity index (χ4n) is 3.31. The highest BCUT2D eigenvalue weighted by atomic mass is 35.5. The van der Waals surface area contributed by atoms with E-state index >= 15 is 0 Å². The van der Waals surface area contributed by atoms with E-state index < -0.39 is 23.9 Å². The van der Waals surface area contributed by atoms with Gasteiger partial charge in [-0.3, -0.25) is 4.79 Å². The topological polar surface area (TPSA) is 73.8 Å². The van der Waals surface area contributed by atoms with E-state index in [4.69, 9.17) is 11.6 Å². The van der Waals surface area contributed by atoms with Gasteiger partial charge >= 0.3 is 6.03 Å². The van der Waals surface area contributed by atoms with Crippen LogP contribution in [0.2, 0.25) is 5.02 Å². The molecule has 6 nitrogen and oxygen atoms in total. The standard InChI is InChI=1S/C23H18ClFN4O2/c1-29-19-10-6-5-9-16(19)20(14-7-3-2-4-8-14)27-21(22(29)30)28-23(31)26-15-11-12-18(25)17(24)13-15/h2-13,21H,1H3,(H2,26,28,31). The van der Waals surface area contributed by atoms with Gasteiger partial charge in [0.2, 0.25) is 6.17 Å². The fraction of sp³-hybridized carbons (Fsp3) is 0.0870. The lowest BCUT2D eigenvalue weighted by atomic mass is 10.0. The van der Waals surface area contributed by atoms with Gasteiger partial charge < -0.3 is 15.5 Å². The molecule has 1 atom stereocenters. The zero-order valence-electron chi connectivity index (χ0n) is 16.5. The van der Waals surface area contributed by atoms with Crippen LogP contribution >= 0.6 is 11.6 Å². The molecule has 0 saturated carbocycles. The van der Waals surface area contributed by atoms with Crippen molar-refractivity contribution in [2.24, 2.45) is 4.99 Å². The molecule has 0 spiro atoms. The van der Waals surface area contributed by atoms with Crippen LogP contribution in [-0.4, -0.2) is 30.9 Å². The number of fused-ring (bicyclic) bond motifs is 1. The van der Waals surface area contributed by atoms with Crippen LogP contribution in [0.5, 0.6) is 0 Å². The number of benzene rings is 3. The molecule has 8 heteroatoms. The van der Waals surface area contributed by atoms with Gasteiger partial charge in [0.25, 0.3) is 5.91 Å². The van der Waals surface area contributed by atoms with Crippen molar-refractivity contribution in [3.8, 4) is 0 Å². The van der Waals surface area contributed by atoms with Gasteiger partial charge in [0.15, 0.2) is 0 Å². The van der Waals surface area contributed by atoms with Gasteiger partial charge in [0.05, 0.1) is 16.4 Å². The molecule has 156 valence electrons. The molecule has 1 heterocycles. The summed E-state index contributed by atoms with van der Waals surface area (Å²) >= 11 is 5.76.